The highest BCUT2D eigenvalue weighted by Gasteiger charge is 2.48. The second-order valence-corrected chi connectivity index (χ2v) is 5.60. The van der Waals surface area contributed by atoms with Crippen LogP contribution in [0, 0.1) is 11.8 Å². The molecule has 1 aliphatic rings. The zero-order valence-electron chi connectivity index (χ0n) is 11.4. The Morgan fingerprint density at radius 1 is 1.32 bits per heavy atom. The first kappa shape index (κ1) is 16.3. The van der Waals surface area contributed by atoms with Gasteiger partial charge >= 0.3 is 6.18 Å². The van der Waals surface area contributed by atoms with Crippen LogP contribution in [0.25, 0.3) is 0 Å². The van der Waals surface area contributed by atoms with Gasteiger partial charge in [0, 0.05) is 5.92 Å². The zero-order valence-corrected chi connectivity index (χ0v) is 11.4. The van der Waals surface area contributed by atoms with Gasteiger partial charge in [0.25, 0.3) is 0 Å². The van der Waals surface area contributed by atoms with Crippen LogP contribution in [0.4, 0.5) is 13.2 Å². The van der Waals surface area contributed by atoms with E-state index in [1.807, 2.05) is 0 Å². The summed E-state index contributed by atoms with van der Waals surface area (Å²) in [6, 6.07) is 0. The molecule has 0 bridgehead atoms. The van der Waals surface area contributed by atoms with Crippen molar-refractivity contribution in [3.63, 3.8) is 0 Å². The highest BCUT2D eigenvalue weighted by Crippen LogP contribution is 2.41. The monoisotopic (exact) mass is 281 g/mol. The SMILES string of the molecule is CCC(C)(CO)NC(=O)C1CCCCC1C(F)(F)F. The van der Waals surface area contributed by atoms with E-state index in [1.54, 1.807) is 13.8 Å². The fraction of sp³-hybridized carbons (Fsp3) is 0.923. The molecule has 3 nitrogen and oxygen atoms in total. The number of amides is 1. The van der Waals surface area contributed by atoms with Crippen LogP contribution < -0.4 is 5.32 Å². The lowest BCUT2D eigenvalue weighted by Gasteiger charge is -2.35. The number of aliphatic hydroxyl groups is 1. The van der Waals surface area contributed by atoms with E-state index in [4.69, 9.17) is 0 Å². The third-order valence-corrected chi connectivity index (χ3v) is 4.08. The van der Waals surface area contributed by atoms with Crippen LogP contribution in [-0.2, 0) is 4.79 Å². The molecule has 0 aromatic heterocycles. The largest absolute Gasteiger partial charge is 0.394 e. The quantitative estimate of drug-likeness (QED) is 0.832. The molecule has 0 spiro atoms. The minimum absolute atomic E-state index is 0.0174. The Morgan fingerprint density at radius 3 is 2.37 bits per heavy atom. The smallest absolute Gasteiger partial charge is 0.392 e. The Bertz CT molecular complexity index is 314. The van der Waals surface area contributed by atoms with E-state index in [0.29, 0.717) is 19.3 Å². The average molecular weight is 281 g/mol. The molecular weight excluding hydrogens is 259 g/mol. The molecule has 6 heteroatoms. The molecule has 0 saturated heterocycles. The fourth-order valence-electron chi connectivity index (χ4n) is 2.47. The maximum Gasteiger partial charge on any atom is 0.392 e. The Hall–Kier alpha value is -0.780. The minimum atomic E-state index is -4.33. The number of hydrogen-bond donors (Lipinski definition) is 2. The molecule has 1 amide bonds. The van der Waals surface area contributed by atoms with Crippen molar-refractivity contribution in [3.8, 4) is 0 Å². The number of rotatable bonds is 4. The number of hydrogen-bond acceptors (Lipinski definition) is 2. The summed E-state index contributed by atoms with van der Waals surface area (Å²) in [6.07, 6.45) is -2.42. The summed E-state index contributed by atoms with van der Waals surface area (Å²) >= 11 is 0. The van der Waals surface area contributed by atoms with Gasteiger partial charge in [-0.25, -0.2) is 0 Å². The third kappa shape index (κ3) is 4.09. The second-order valence-electron chi connectivity index (χ2n) is 5.60. The predicted molar refractivity (Wildman–Crippen MR) is 65.4 cm³/mol. The lowest BCUT2D eigenvalue weighted by Crippen LogP contribution is -2.53. The summed E-state index contributed by atoms with van der Waals surface area (Å²) in [5.74, 6) is -3.16. The molecule has 0 heterocycles. The first-order valence-corrected chi connectivity index (χ1v) is 6.73. The molecular formula is C13H22F3NO2. The molecule has 1 saturated carbocycles. The first-order chi connectivity index (χ1) is 8.73. The van der Waals surface area contributed by atoms with Crippen molar-refractivity contribution in [1.82, 2.24) is 5.32 Å². The topological polar surface area (TPSA) is 49.3 Å². The first-order valence-electron chi connectivity index (χ1n) is 6.73. The van der Waals surface area contributed by atoms with Gasteiger partial charge in [0.15, 0.2) is 0 Å². The standard InChI is InChI=1S/C13H22F3NO2/c1-3-12(2,8-18)17-11(19)9-6-4-5-7-10(9)13(14,15)16/h9-10,18H,3-8H2,1-2H3,(H,17,19). The maximum atomic E-state index is 12.9. The Labute approximate surface area is 111 Å². The van der Waals surface area contributed by atoms with Crippen LogP contribution in [0.15, 0.2) is 0 Å². The lowest BCUT2D eigenvalue weighted by molar-refractivity contribution is -0.198. The number of halogens is 3. The number of carbonyl (C=O) groups excluding carboxylic acids is 1. The Balaban J connectivity index is 2.78. The van der Waals surface area contributed by atoms with Crippen LogP contribution in [0.5, 0.6) is 0 Å². The molecule has 0 aromatic carbocycles. The van der Waals surface area contributed by atoms with E-state index in [1.165, 1.54) is 0 Å². The number of nitrogens with one attached hydrogen (secondary N) is 1. The van der Waals surface area contributed by atoms with Gasteiger partial charge in [-0.05, 0) is 26.2 Å². The van der Waals surface area contributed by atoms with Crippen LogP contribution in [0.3, 0.4) is 0 Å². The van der Waals surface area contributed by atoms with Gasteiger partial charge in [-0.15, -0.1) is 0 Å². The molecule has 0 aromatic rings. The highest BCUT2D eigenvalue weighted by molar-refractivity contribution is 5.80. The number of alkyl halides is 3. The number of carbonyl (C=O) groups is 1. The van der Waals surface area contributed by atoms with E-state index >= 15 is 0 Å². The summed E-state index contributed by atoms with van der Waals surface area (Å²) in [7, 11) is 0. The van der Waals surface area contributed by atoms with Gasteiger partial charge in [-0.1, -0.05) is 19.8 Å². The molecule has 0 aliphatic heterocycles. The van der Waals surface area contributed by atoms with Crippen LogP contribution in [0.1, 0.15) is 46.0 Å². The molecule has 1 aliphatic carbocycles. The summed E-state index contributed by atoms with van der Waals surface area (Å²) in [5, 5.41) is 11.8. The summed E-state index contributed by atoms with van der Waals surface area (Å²) in [5.41, 5.74) is -0.843. The second kappa shape index (κ2) is 6.11. The number of aliphatic hydroxyl groups excluding tert-OH is 1. The van der Waals surface area contributed by atoms with E-state index in [9.17, 15) is 23.1 Å². The molecule has 19 heavy (non-hydrogen) atoms. The molecule has 1 rings (SSSR count). The molecule has 3 atom stereocenters. The van der Waals surface area contributed by atoms with E-state index in [2.05, 4.69) is 5.32 Å². The van der Waals surface area contributed by atoms with Gasteiger partial charge in [0.2, 0.25) is 5.91 Å². The van der Waals surface area contributed by atoms with Crippen LogP contribution in [-0.4, -0.2) is 29.3 Å². The van der Waals surface area contributed by atoms with Gasteiger partial charge in [-0.2, -0.15) is 13.2 Å². The zero-order chi connectivity index (χ0) is 14.7. The lowest BCUT2D eigenvalue weighted by atomic mass is 9.78. The maximum absolute atomic E-state index is 12.9. The average Bonchev–Trinajstić information content (AvgIpc) is 2.37. The minimum Gasteiger partial charge on any atom is -0.394 e. The summed E-state index contributed by atoms with van der Waals surface area (Å²) in [4.78, 5) is 12.1. The Kier molecular flexibility index (Phi) is 5.24. The van der Waals surface area contributed by atoms with Gasteiger partial charge in [-0.3, -0.25) is 4.79 Å². The van der Waals surface area contributed by atoms with Crippen molar-refractivity contribution in [3.05, 3.63) is 0 Å². The van der Waals surface area contributed by atoms with Crippen LogP contribution >= 0.6 is 0 Å². The molecule has 112 valence electrons. The molecule has 1 fully saturated rings. The molecule has 3 unspecified atom stereocenters. The van der Waals surface area contributed by atoms with Crippen molar-refractivity contribution in [1.29, 1.82) is 0 Å². The van der Waals surface area contributed by atoms with Gasteiger partial charge in [0.05, 0.1) is 18.1 Å². The Morgan fingerprint density at radius 2 is 1.89 bits per heavy atom. The van der Waals surface area contributed by atoms with E-state index < -0.39 is 29.5 Å². The van der Waals surface area contributed by atoms with Crippen molar-refractivity contribution in [2.24, 2.45) is 11.8 Å². The van der Waals surface area contributed by atoms with Gasteiger partial charge < -0.3 is 10.4 Å². The van der Waals surface area contributed by atoms with Crippen molar-refractivity contribution < 1.29 is 23.1 Å². The van der Waals surface area contributed by atoms with Crippen molar-refractivity contribution >= 4 is 5.91 Å². The molecule has 2 N–H and O–H groups in total. The summed E-state index contributed by atoms with van der Waals surface area (Å²) < 4.78 is 38.8. The predicted octanol–water partition coefficient (Wildman–Crippen LogP) is 2.63. The highest BCUT2D eigenvalue weighted by atomic mass is 19.4. The van der Waals surface area contributed by atoms with Crippen LogP contribution in [0.2, 0.25) is 0 Å². The van der Waals surface area contributed by atoms with E-state index in [-0.39, 0.29) is 19.4 Å². The van der Waals surface area contributed by atoms with E-state index in [0.717, 1.165) is 0 Å². The fourth-order valence-corrected chi connectivity index (χ4v) is 2.47. The normalized spacial score (nSPS) is 27.7. The third-order valence-electron chi connectivity index (χ3n) is 4.08. The molecule has 0 radical (unpaired) electrons. The summed E-state index contributed by atoms with van der Waals surface area (Å²) in [6.45, 7) is 3.13. The van der Waals surface area contributed by atoms with Gasteiger partial charge in [0.1, 0.15) is 0 Å². The van der Waals surface area contributed by atoms with Crippen molar-refractivity contribution in [2.45, 2.75) is 57.7 Å². The van der Waals surface area contributed by atoms with Crippen molar-refractivity contribution in [2.75, 3.05) is 6.61 Å².